The first-order valence-electron chi connectivity index (χ1n) is 14.6. The zero-order valence-corrected chi connectivity index (χ0v) is 23.3. The number of phenols is 2. The van der Waals surface area contributed by atoms with Crippen molar-refractivity contribution in [3.8, 4) is 11.5 Å². The maximum atomic E-state index is 10.5. The third-order valence-electron chi connectivity index (χ3n) is 12.6. The lowest BCUT2D eigenvalue weighted by atomic mass is 9.35. The van der Waals surface area contributed by atoms with Crippen LogP contribution in [-0.2, 0) is 5.41 Å². The molecule has 36 heavy (non-hydrogen) atoms. The molecule has 0 amide bonds. The highest BCUT2D eigenvalue weighted by atomic mass is 16.3. The average Bonchev–Trinajstić information content (AvgIpc) is 3.34. The molecule has 1 aliphatic heterocycles. The molecule has 0 spiro atoms. The molecular weight excluding hydrogens is 442 g/mol. The van der Waals surface area contributed by atoms with E-state index in [0.29, 0.717) is 16.0 Å². The van der Waals surface area contributed by atoms with E-state index in [4.69, 9.17) is 0 Å². The number of rotatable bonds is 2. The first-order valence-corrected chi connectivity index (χ1v) is 14.6. The van der Waals surface area contributed by atoms with E-state index in [9.17, 15) is 10.2 Å². The topological polar surface area (TPSA) is 43.7 Å². The van der Waals surface area contributed by atoms with Gasteiger partial charge < -0.3 is 15.1 Å². The lowest BCUT2D eigenvalue weighted by Gasteiger charge is -2.70. The molecule has 2 N–H and O–H groups in total. The summed E-state index contributed by atoms with van der Waals surface area (Å²) in [5, 5.41) is 22.5. The summed E-state index contributed by atoms with van der Waals surface area (Å²) in [4.78, 5) is 2.75. The Morgan fingerprint density at radius 1 is 0.917 bits per heavy atom. The summed E-state index contributed by atoms with van der Waals surface area (Å²) < 4.78 is 0. The number of fused-ring (bicyclic) bond motifs is 7. The minimum absolute atomic E-state index is 0.0331. The van der Waals surface area contributed by atoms with E-state index in [1.165, 1.54) is 71.0 Å². The predicted molar refractivity (Wildman–Crippen MR) is 148 cm³/mol. The van der Waals surface area contributed by atoms with Crippen LogP contribution in [0.15, 0.2) is 17.7 Å². The van der Waals surface area contributed by atoms with Crippen LogP contribution in [0.4, 0.5) is 0 Å². The Morgan fingerprint density at radius 2 is 1.61 bits per heavy atom. The second-order valence-corrected chi connectivity index (χ2v) is 14.7. The smallest absolute Gasteiger partial charge is 0.164 e. The van der Waals surface area contributed by atoms with E-state index in [0.717, 1.165) is 23.1 Å². The molecule has 4 fully saturated rings. The largest absolute Gasteiger partial charge is 0.504 e. The first kappa shape index (κ1) is 24.6. The monoisotopic (exact) mass is 489 g/mol. The quantitative estimate of drug-likeness (QED) is 0.501. The highest BCUT2D eigenvalue weighted by molar-refractivity contribution is 5.61. The molecule has 3 nitrogen and oxygen atoms in total. The summed E-state index contributed by atoms with van der Waals surface area (Å²) in [5.41, 5.74) is 3.82. The molecule has 196 valence electrons. The highest BCUT2D eigenvalue weighted by Crippen LogP contribution is 2.74. The second-order valence-electron chi connectivity index (χ2n) is 14.7. The van der Waals surface area contributed by atoms with Crippen molar-refractivity contribution in [1.29, 1.82) is 0 Å². The van der Waals surface area contributed by atoms with Crippen LogP contribution >= 0.6 is 0 Å². The minimum atomic E-state index is -0.128. The molecule has 0 radical (unpaired) electrons. The Labute approximate surface area is 218 Å². The summed E-state index contributed by atoms with van der Waals surface area (Å²) in [6.45, 7) is 20.8. The molecular formula is C33H47NO2. The van der Waals surface area contributed by atoms with Gasteiger partial charge in [-0.15, -0.1) is 0 Å². The number of hydrogen-bond acceptors (Lipinski definition) is 3. The highest BCUT2D eigenvalue weighted by Gasteiger charge is 2.66. The second kappa shape index (κ2) is 7.65. The van der Waals surface area contributed by atoms with E-state index < -0.39 is 0 Å². The summed E-state index contributed by atoms with van der Waals surface area (Å²) >= 11 is 0. The standard InChI is InChI=1S/C33H47NO2/c1-22-23-9-10-26-31(4,24(23)19-25(35)28(22)36)14-16-33(6)27-20-29(2,21-34-17-7-8-18-34)11-12-30(27,3)13-15-32(26,33)5/h9-10,19,27,35-36H,1,7-8,11-18,20-21H2,2-6H3. The van der Waals surface area contributed by atoms with Gasteiger partial charge in [0.25, 0.3) is 0 Å². The molecule has 4 aliphatic carbocycles. The van der Waals surface area contributed by atoms with Crippen LogP contribution in [0.1, 0.15) is 98.0 Å². The third-order valence-corrected chi connectivity index (χ3v) is 12.6. The molecule has 1 heterocycles. The molecule has 3 heteroatoms. The number of likely N-dealkylation sites (tertiary alicyclic amines) is 1. The van der Waals surface area contributed by atoms with Gasteiger partial charge in [-0.05, 0) is 115 Å². The Hall–Kier alpha value is -1.74. The number of nitrogens with zero attached hydrogens (tertiary/aromatic N) is 1. The third kappa shape index (κ3) is 3.14. The van der Waals surface area contributed by atoms with Crippen molar-refractivity contribution in [2.75, 3.05) is 19.6 Å². The van der Waals surface area contributed by atoms with Gasteiger partial charge in [-0.1, -0.05) is 58.9 Å². The van der Waals surface area contributed by atoms with Crippen LogP contribution < -0.4 is 10.4 Å². The summed E-state index contributed by atoms with van der Waals surface area (Å²) in [6.07, 6.45) is 16.3. The fourth-order valence-electron chi connectivity index (χ4n) is 10.1. The maximum absolute atomic E-state index is 10.5. The van der Waals surface area contributed by atoms with E-state index in [-0.39, 0.29) is 27.7 Å². The molecule has 0 aromatic heterocycles. The number of phenolic OH excluding ortho intramolecular Hbond substituents is 2. The number of hydrogen-bond donors (Lipinski definition) is 2. The normalized spacial score (nSPS) is 44.0. The van der Waals surface area contributed by atoms with Gasteiger partial charge in [0.1, 0.15) is 0 Å². The van der Waals surface area contributed by atoms with E-state index >= 15 is 0 Å². The molecule has 6 atom stereocenters. The van der Waals surface area contributed by atoms with Crippen molar-refractivity contribution in [1.82, 2.24) is 4.90 Å². The van der Waals surface area contributed by atoms with Gasteiger partial charge in [-0.25, -0.2) is 0 Å². The molecule has 1 aromatic carbocycles. The van der Waals surface area contributed by atoms with Gasteiger partial charge in [0.15, 0.2) is 11.5 Å². The Balaban J connectivity index is 1.42. The van der Waals surface area contributed by atoms with Crippen molar-refractivity contribution >= 4 is 12.7 Å². The summed E-state index contributed by atoms with van der Waals surface area (Å²) in [6, 6.07) is 1.83. The van der Waals surface area contributed by atoms with Gasteiger partial charge >= 0.3 is 0 Å². The Morgan fingerprint density at radius 3 is 2.33 bits per heavy atom. The van der Waals surface area contributed by atoms with Crippen LogP contribution in [0.2, 0.25) is 0 Å². The van der Waals surface area contributed by atoms with Crippen LogP contribution in [-0.4, -0.2) is 34.7 Å². The van der Waals surface area contributed by atoms with Gasteiger partial charge in [-0.3, -0.25) is 0 Å². The SMILES string of the molecule is C=c1c(O)c(O)cc2c1=CC=C1C2(C)CCC2(C)C3CC(C)(CN4CCCC4)CCC3(C)CCC12C. The molecule has 1 aromatic rings. The lowest BCUT2D eigenvalue weighted by molar-refractivity contribution is -0.160. The predicted octanol–water partition coefficient (Wildman–Crippen LogP) is 6.00. The molecule has 0 bridgehead atoms. The van der Waals surface area contributed by atoms with Crippen LogP contribution in [0.25, 0.3) is 12.7 Å². The molecule has 1 saturated heterocycles. The maximum Gasteiger partial charge on any atom is 0.164 e. The van der Waals surface area contributed by atoms with Crippen molar-refractivity contribution in [2.45, 2.75) is 97.8 Å². The van der Waals surface area contributed by atoms with E-state index in [1.54, 1.807) is 5.57 Å². The molecule has 6 unspecified atom stereocenters. The zero-order chi connectivity index (χ0) is 25.7. The fourth-order valence-corrected chi connectivity index (χ4v) is 10.1. The zero-order valence-electron chi connectivity index (χ0n) is 23.3. The minimum Gasteiger partial charge on any atom is -0.504 e. The van der Waals surface area contributed by atoms with Crippen LogP contribution in [0.5, 0.6) is 11.5 Å². The molecule has 5 aliphatic rings. The van der Waals surface area contributed by atoms with Crippen molar-refractivity contribution in [2.24, 2.45) is 27.6 Å². The van der Waals surface area contributed by atoms with Crippen LogP contribution in [0, 0.1) is 27.6 Å². The van der Waals surface area contributed by atoms with Crippen LogP contribution in [0.3, 0.4) is 0 Å². The summed E-state index contributed by atoms with van der Waals surface area (Å²) in [5.74, 6) is 0.619. The van der Waals surface area contributed by atoms with Gasteiger partial charge in [0, 0.05) is 17.2 Å². The summed E-state index contributed by atoms with van der Waals surface area (Å²) in [7, 11) is 0. The molecule has 3 saturated carbocycles. The van der Waals surface area contributed by atoms with Gasteiger partial charge in [0.2, 0.25) is 0 Å². The fraction of sp³-hybridized carbons (Fsp3) is 0.697. The van der Waals surface area contributed by atoms with E-state index in [1.807, 2.05) is 6.07 Å². The van der Waals surface area contributed by atoms with Crippen molar-refractivity contribution in [3.63, 3.8) is 0 Å². The van der Waals surface area contributed by atoms with Crippen molar-refractivity contribution in [3.05, 3.63) is 33.7 Å². The first-order chi connectivity index (χ1) is 16.9. The van der Waals surface area contributed by atoms with Crippen molar-refractivity contribution < 1.29 is 10.2 Å². The molecule has 6 rings (SSSR count). The number of allylic oxidation sites excluding steroid dienone is 2. The lowest BCUT2D eigenvalue weighted by Crippen LogP contribution is -2.63. The number of aromatic hydroxyl groups is 2. The Bertz CT molecular complexity index is 1240. The average molecular weight is 490 g/mol. The van der Waals surface area contributed by atoms with Gasteiger partial charge in [-0.2, -0.15) is 0 Å². The Kier molecular flexibility index (Phi) is 5.23. The number of benzene rings is 1. The van der Waals surface area contributed by atoms with E-state index in [2.05, 4.69) is 58.2 Å². The van der Waals surface area contributed by atoms with Gasteiger partial charge in [0.05, 0.1) is 0 Å².